The lowest BCUT2D eigenvalue weighted by molar-refractivity contribution is -0.0613. The summed E-state index contributed by atoms with van der Waals surface area (Å²) in [5, 5.41) is 0. The van der Waals surface area contributed by atoms with Crippen molar-refractivity contribution in [2.45, 2.75) is 20.0 Å². The number of benzene rings is 1. The van der Waals surface area contributed by atoms with Gasteiger partial charge in [-0.05, 0) is 24.1 Å². The number of hydrogen-bond acceptors (Lipinski definition) is 4. The van der Waals surface area contributed by atoms with Crippen molar-refractivity contribution in [3.8, 4) is 0 Å². The molecule has 122 valence electrons. The predicted octanol–water partition coefficient (Wildman–Crippen LogP) is 2.48. The Kier molecular flexibility index (Phi) is 5.85. The number of hydrogen-bond donors (Lipinski definition) is 0. The third kappa shape index (κ3) is 4.74. The Morgan fingerprint density at radius 2 is 2.23 bits per heavy atom. The highest BCUT2D eigenvalue weighted by Crippen LogP contribution is 2.13. The van der Waals surface area contributed by atoms with Gasteiger partial charge >= 0.3 is 5.97 Å². The maximum atomic E-state index is 13.5. The lowest BCUT2D eigenvalue weighted by Gasteiger charge is -2.33. The molecule has 0 amide bonds. The molecule has 0 radical (unpaired) electrons. The molecule has 1 aliphatic rings. The highest BCUT2D eigenvalue weighted by molar-refractivity contribution is 5.89. The van der Waals surface area contributed by atoms with Crippen LogP contribution >= 0.6 is 0 Å². The molecule has 1 aromatic rings. The zero-order valence-corrected chi connectivity index (χ0v) is 12.9. The predicted molar refractivity (Wildman–Crippen MR) is 77.7 cm³/mol. The van der Waals surface area contributed by atoms with Gasteiger partial charge in [-0.15, -0.1) is 0 Å². The fourth-order valence-electron chi connectivity index (χ4n) is 2.46. The van der Waals surface area contributed by atoms with Crippen LogP contribution in [0.2, 0.25) is 0 Å². The van der Waals surface area contributed by atoms with E-state index >= 15 is 0 Å². The molecule has 1 heterocycles. The summed E-state index contributed by atoms with van der Waals surface area (Å²) in [6, 6.07) is 2.71. The van der Waals surface area contributed by atoms with Gasteiger partial charge < -0.3 is 9.47 Å². The van der Waals surface area contributed by atoms with Crippen LogP contribution in [0.5, 0.6) is 0 Å². The number of morpholine rings is 1. The smallest absolute Gasteiger partial charge is 0.341 e. The number of carbonyl (C=O) groups excluding carboxylic acids is 1. The van der Waals surface area contributed by atoms with Crippen molar-refractivity contribution in [2.24, 2.45) is 5.92 Å². The molecule has 0 bridgehead atoms. The summed E-state index contributed by atoms with van der Waals surface area (Å²) >= 11 is 0. The van der Waals surface area contributed by atoms with Crippen molar-refractivity contribution >= 4 is 5.97 Å². The number of halogens is 2. The van der Waals surface area contributed by atoms with E-state index in [1.54, 1.807) is 0 Å². The van der Waals surface area contributed by atoms with Crippen LogP contribution in [0, 0.1) is 17.6 Å². The molecule has 0 aromatic heterocycles. The maximum Gasteiger partial charge on any atom is 0.341 e. The fraction of sp³-hybridized carbons (Fsp3) is 0.562. The third-order valence-corrected chi connectivity index (χ3v) is 3.39. The number of nitrogens with zero attached hydrogens (tertiary/aromatic N) is 1. The summed E-state index contributed by atoms with van der Waals surface area (Å²) < 4.78 is 37.2. The Labute approximate surface area is 129 Å². The van der Waals surface area contributed by atoms with E-state index in [0.29, 0.717) is 19.1 Å². The Morgan fingerprint density at radius 3 is 2.95 bits per heavy atom. The van der Waals surface area contributed by atoms with E-state index in [9.17, 15) is 13.6 Å². The van der Waals surface area contributed by atoms with E-state index in [0.717, 1.165) is 31.3 Å². The normalized spacial score (nSPS) is 19.4. The summed E-state index contributed by atoms with van der Waals surface area (Å²) in [4.78, 5) is 14.1. The Bertz CT molecular complexity index is 522. The van der Waals surface area contributed by atoms with Gasteiger partial charge in [-0.2, -0.15) is 0 Å². The van der Waals surface area contributed by atoms with Gasteiger partial charge in [0.1, 0.15) is 24.3 Å². The summed E-state index contributed by atoms with van der Waals surface area (Å²) in [7, 11) is 0. The average Bonchev–Trinajstić information content (AvgIpc) is 2.47. The summed E-state index contributed by atoms with van der Waals surface area (Å²) in [5.41, 5.74) is -0.394. The molecular weight excluding hydrogens is 292 g/mol. The van der Waals surface area contributed by atoms with Gasteiger partial charge in [0.2, 0.25) is 0 Å². The highest BCUT2D eigenvalue weighted by atomic mass is 19.1. The lowest BCUT2D eigenvalue weighted by atomic mass is 10.2. The van der Waals surface area contributed by atoms with Gasteiger partial charge in [0.05, 0.1) is 12.2 Å². The number of rotatable bonds is 5. The van der Waals surface area contributed by atoms with E-state index in [1.165, 1.54) is 0 Å². The largest absolute Gasteiger partial charge is 0.459 e. The van der Waals surface area contributed by atoms with E-state index < -0.39 is 23.2 Å². The van der Waals surface area contributed by atoms with E-state index in [-0.39, 0.29) is 12.7 Å². The second-order valence-corrected chi connectivity index (χ2v) is 5.87. The SMILES string of the molecule is CC(C)CN1CCOC(COC(=O)c2cc(F)ccc2F)C1. The summed E-state index contributed by atoms with van der Waals surface area (Å²) in [6.45, 7) is 7.34. The first kappa shape index (κ1) is 16.8. The molecule has 1 unspecified atom stereocenters. The van der Waals surface area contributed by atoms with E-state index in [4.69, 9.17) is 9.47 Å². The fourth-order valence-corrected chi connectivity index (χ4v) is 2.46. The van der Waals surface area contributed by atoms with Crippen LogP contribution in [0.3, 0.4) is 0 Å². The monoisotopic (exact) mass is 313 g/mol. The average molecular weight is 313 g/mol. The lowest BCUT2D eigenvalue weighted by Crippen LogP contribution is -2.45. The van der Waals surface area contributed by atoms with Crippen molar-refractivity contribution in [2.75, 3.05) is 32.8 Å². The van der Waals surface area contributed by atoms with Gasteiger partial charge in [-0.25, -0.2) is 13.6 Å². The molecular formula is C16H21F2NO3. The van der Waals surface area contributed by atoms with Gasteiger partial charge in [0, 0.05) is 19.6 Å². The van der Waals surface area contributed by atoms with Gasteiger partial charge in [-0.3, -0.25) is 4.90 Å². The highest BCUT2D eigenvalue weighted by Gasteiger charge is 2.23. The van der Waals surface area contributed by atoms with Gasteiger partial charge in [0.25, 0.3) is 0 Å². The van der Waals surface area contributed by atoms with Crippen LogP contribution in [0.15, 0.2) is 18.2 Å². The van der Waals surface area contributed by atoms with Crippen LogP contribution < -0.4 is 0 Å². The Balaban J connectivity index is 1.86. The topological polar surface area (TPSA) is 38.8 Å². The standard InChI is InChI=1S/C16H21F2NO3/c1-11(2)8-19-5-6-21-13(9-19)10-22-16(20)14-7-12(17)3-4-15(14)18/h3-4,7,11,13H,5-6,8-10H2,1-2H3. The van der Waals surface area contributed by atoms with Gasteiger partial charge in [0.15, 0.2) is 0 Å². The Morgan fingerprint density at radius 1 is 1.45 bits per heavy atom. The molecule has 0 saturated carbocycles. The van der Waals surface area contributed by atoms with Crippen molar-refractivity contribution in [3.63, 3.8) is 0 Å². The molecule has 2 rings (SSSR count). The van der Waals surface area contributed by atoms with Crippen molar-refractivity contribution in [3.05, 3.63) is 35.4 Å². The molecule has 4 nitrogen and oxygen atoms in total. The minimum absolute atomic E-state index is 0.0311. The molecule has 0 N–H and O–H groups in total. The van der Waals surface area contributed by atoms with Crippen molar-refractivity contribution < 1.29 is 23.0 Å². The molecule has 1 fully saturated rings. The van der Waals surface area contributed by atoms with Crippen LogP contribution in [-0.4, -0.2) is 49.8 Å². The first-order valence-electron chi connectivity index (χ1n) is 7.42. The van der Waals surface area contributed by atoms with Crippen LogP contribution in [0.25, 0.3) is 0 Å². The second-order valence-electron chi connectivity index (χ2n) is 5.87. The zero-order chi connectivity index (χ0) is 16.1. The summed E-state index contributed by atoms with van der Waals surface area (Å²) in [6.07, 6.45) is -0.243. The quantitative estimate of drug-likeness (QED) is 0.783. The number of carbonyl (C=O) groups is 1. The molecule has 0 aliphatic carbocycles. The zero-order valence-electron chi connectivity index (χ0n) is 12.9. The van der Waals surface area contributed by atoms with Crippen LogP contribution in [-0.2, 0) is 9.47 Å². The molecule has 0 spiro atoms. The molecule has 1 aromatic carbocycles. The Hall–Kier alpha value is -1.53. The first-order chi connectivity index (χ1) is 10.5. The molecule has 1 saturated heterocycles. The minimum atomic E-state index is -0.874. The maximum absolute atomic E-state index is 13.5. The molecule has 6 heteroatoms. The van der Waals surface area contributed by atoms with Crippen molar-refractivity contribution in [1.82, 2.24) is 4.90 Å². The number of ether oxygens (including phenoxy) is 2. The third-order valence-electron chi connectivity index (χ3n) is 3.39. The van der Waals surface area contributed by atoms with Crippen molar-refractivity contribution in [1.29, 1.82) is 0 Å². The number of esters is 1. The molecule has 22 heavy (non-hydrogen) atoms. The summed E-state index contributed by atoms with van der Waals surface area (Å²) in [5.74, 6) is -1.80. The van der Waals surface area contributed by atoms with Crippen LogP contribution in [0.1, 0.15) is 24.2 Å². The van der Waals surface area contributed by atoms with Gasteiger partial charge in [-0.1, -0.05) is 13.8 Å². The minimum Gasteiger partial charge on any atom is -0.459 e. The van der Waals surface area contributed by atoms with E-state index in [2.05, 4.69) is 18.7 Å². The molecule has 1 atom stereocenters. The van der Waals surface area contributed by atoms with E-state index in [1.807, 2.05) is 0 Å². The first-order valence-corrected chi connectivity index (χ1v) is 7.42. The second kappa shape index (κ2) is 7.65. The van der Waals surface area contributed by atoms with Crippen LogP contribution in [0.4, 0.5) is 8.78 Å². The molecule has 1 aliphatic heterocycles.